The van der Waals surface area contributed by atoms with E-state index in [2.05, 4.69) is 10.1 Å². The molecule has 0 spiro atoms. The number of halogens is 3. The van der Waals surface area contributed by atoms with Crippen LogP contribution in [0.15, 0.2) is 6.07 Å². The number of nitrogens with one attached hydrogen (secondary N) is 1. The van der Waals surface area contributed by atoms with Gasteiger partial charge in [-0.1, -0.05) is 23.2 Å². The molecule has 1 N–H and O–H groups in total. The van der Waals surface area contributed by atoms with Gasteiger partial charge in [0, 0.05) is 6.54 Å². The van der Waals surface area contributed by atoms with Crippen LogP contribution in [0.25, 0.3) is 0 Å². The summed E-state index contributed by atoms with van der Waals surface area (Å²) in [6.07, 6.45) is 0.801. The van der Waals surface area contributed by atoms with E-state index >= 15 is 0 Å². The number of carbonyl (C=O) groups is 1. The predicted octanol–water partition coefficient (Wildman–Crippen LogP) is 2.85. The van der Waals surface area contributed by atoms with E-state index in [-0.39, 0.29) is 18.0 Å². The quantitative estimate of drug-likeness (QED) is 0.810. The van der Waals surface area contributed by atoms with Crippen molar-refractivity contribution in [3.63, 3.8) is 0 Å². The average molecular weight is 297 g/mol. The summed E-state index contributed by atoms with van der Waals surface area (Å²) in [6, 6.07) is 1.78. The summed E-state index contributed by atoms with van der Waals surface area (Å²) in [5.74, 6) is -0.490. The Morgan fingerprint density at radius 1 is 1.47 bits per heavy atom. The number of methoxy groups -OCH3 is 1. The topological polar surface area (TPSA) is 38.3 Å². The van der Waals surface area contributed by atoms with Gasteiger partial charge in [0.15, 0.2) is 0 Å². The molecule has 0 amide bonds. The Hall–Kier alpha value is -0.480. The minimum Gasteiger partial charge on any atom is -0.465 e. The molecule has 1 aromatic carbocycles. The summed E-state index contributed by atoms with van der Waals surface area (Å²) in [5.41, 5.74) is 2.31. The van der Waals surface area contributed by atoms with E-state index in [1.807, 2.05) is 0 Å². The van der Waals surface area contributed by atoms with E-state index < -0.39 is 5.97 Å². The van der Waals surface area contributed by atoms with Crippen molar-refractivity contribution in [1.29, 1.82) is 0 Å². The van der Waals surface area contributed by atoms with Crippen LogP contribution in [-0.4, -0.2) is 19.6 Å². The Morgan fingerprint density at radius 3 is 2.82 bits per heavy atom. The van der Waals surface area contributed by atoms with Crippen LogP contribution in [0, 0.1) is 0 Å². The van der Waals surface area contributed by atoms with Crippen LogP contribution in [0.3, 0.4) is 0 Å². The van der Waals surface area contributed by atoms with Gasteiger partial charge in [0.1, 0.15) is 0 Å². The first-order valence-electron chi connectivity index (χ1n) is 4.94. The maximum absolute atomic E-state index is 11.5. The fourth-order valence-electron chi connectivity index (χ4n) is 1.86. The number of carbonyl (C=O) groups excluding carboxylic acids is 1. The smallest absolute Gasteiger partial charge is 0.340 e. The highest BCUT2D eigenvalue weighted by molar-refractivity contribution is 6.40. The molecule has 0 bridgehead atoms. The summed E-state index contributed by atoms with van der Waals surface area (Å²) in [7, 11) is 1.32. The zero-order chi connectivity index (χ0) is 11.7. The van der Waals surface area contributed by atoms with Gasteiger partial charge in [-0.3, -0.25) is 0 Å². The van der Waals surface area contributed by atoms with E-state index in [4.69, 9.17) is 23.2 Å². The molecule has 0 radical (unpaired) electrons. The zero-order valence-corrected chi connectivity index (χ0v) is 11.5. The Kier molecular flexibility index (Phi) is 5.07. The molecule has 0 aliphatic carbocycles. The lowest BCUT2D eigenvalue weighted by Crippen LogP contribution is -2.24. The van der Waals surface area contributed by atoms with Gasteiger partial charge in [0.05, 0.1) is 22.7 Å². The fraction of sp³-hybridized carbons (Fsp3) is 0.364. The number of hydrogen-bond donors (Lipinski definition) is 1. The highest BCUT2D eigenvalue weighted by Gasteiger charge is 2.22. The Morgan fingerprint density at radius 2 is 2.18 bits per heavy atom. The Bertz CT molecular complexity index is 449. The average Bonchev–Trinajstić information content (AvgIpc) is 2.28. The number of benzene rings is 1. The number of ether oxygens (including phenoxy) is 1. The molecule has 0 atom stereocenters. The number of hydrogen-bond acceptors (Lipinski definition) is 3. The molecule has 0 aromatic heterocycles. The summed E-state index contributed by atoms with van der Waals surface area (Å²) in [6.45, 7) is 1.59. The second-order valence-corrected chi connectivity index (χ2v) is 4.39. The van der Waals surface area contributed by atoms with Crippen LogP contribution in [0.4, 0.5) is 0 Å². The van der Waals surface area contributed by atoms with Crippen molar-refractivity contribution in [2.45, 2.75) is 13.0 Å². The number of fused-ring (bicyclic) bond motifs is 1. The first-order valence-corrected chi connectivity index (χ1v) is 5.69. The van der Waals surface area contributed by atoms with E-state index in [0.29, 0.717) is 10.0 Å². The third-order valence-electron chi connectivity index (χ3n) is 2.67. The van der Waals surface area contributed by atoms with Crippen molar-refractivity contribution >= 4 is 41.6 Å². The van der Waals surface area contributed by atoms with Gasteiger partial charge >= 0.3 is 5.97 Å². The summed E-state index contributed by atoms with van der Waals surface area (Å²) < 4.78 is 4.67. The van der Waals surface area contributed by atoms with E-state index in [1.54, 1.807) is 6.07 Å². The lowest BCUT2D eigenvalue weighted by molar-refractivity contribution is 0.0601. The molecule has 0 fully saturated rings. The molecule has 0 saturated carbocycles. The van der Waals surface area contributed by atoms with E-state index in [0.717, 1.165) is 30.6 Å². The molecule has 1 aliphatic rings. The predicted molar refractivity (Wildman–Crippen MR) is 70.5 cm³/mol. The molecule has 3 nitrogen and oxygen atoms in total. The van der Waals surface area contributed by atoms with E-state index in [1.165, 1.54) is 7.11 Å². The lowest BCUT2D eigenvalue weighted by Gasteiger charge is -2.20. The minimum atomic E-state index is -0.490. The van der Waals surface area contributed by atoms with Crippen LogP contribution >= 0.6 is 35.6 Å². The highest BCUT2D eigenvalue weighted by Crippen LogP contribution is 2.33. The lowest BCUT2D eigenvalue weighted by atomic mass is 9.98. The minimum absolute atomic E-state index is 0. The Labute approximate surface area is 116 Å². The molecule has 6 heteroatoms. The standard InChI is InChI=1S/C11H11Cl2NO2.ClH/c1-16-11(15)9-8(12)4-6-5-14-3-2-7(6)10(9)13;/h4,14H,2-3,5H2,1H3;1H. The molecule has 1 aliphatic heterocycles. The molecule has 0 unspecified atom stereocenters. The van der Waals surface area contributed by atoms with Gasteiger partial charge < -0.3 is 10.1 Å². The van der Waals surface area contributed by atoms with Gasteiger partial charge in [-0.2, -0.15) is 0 Å². The molecule has 1 heterocycles. The van der Waals surface area contributed by atoms with Crippen molar-refractivity contribution < 1.29 is 9.53 Å². The number of esters is 1. The maximum atomic E-state index is 11.5. The second kappa shape index (κ2) is 5.91. The molecule has 2 rings (SSSR count). The molecule has 0 saturated heterocycles. The van der Waals surface area contributed by atoms with Crippen LogP contribution in [0.5, 0.6) is 0 Å². The second-order valence-electron chi connectivity index (χ2n) is 3.60. The third kappa shape index (κ3) is 2.68. The zero-order valence-electron chi connectivity index (χ0n) is 9.18. The molecule has 17 heavy (non-hydrogen) atoms. The largest absolute Gasteiger partial charge is 0.465 e. The Balaban J connectivity index is 0.00000144. The van der Waals surface area contributed by atoms with Crippen molar-refractivity contribution in [1.82, 2.24) is 5.32 Å². The number of rotatable bonds is 1. The summed E-state index contributed by atoms with van der Waals surface area (Å²) >= 11 is 12.2. The van der Waals surface area contributed by atoms with Crippen LogP contribution in [-0.2, 0) is 17.7 Å². The van der Waals surface area contributed by atoms with Crippen molar-refractivity contribution in [2.75, 3.05) is 13.7 Å². The van der Waals surface area contributed by atoms with Gasteiger partial charge in [0.25, 0.3) is 0 Å². The third-order valence-corrected chi connectivity index (χ3v) is 3.38. The van der Waals surface area contributed by atoms with Crippen molar-refractivity contribution in [2.24, 2.45) is 0 Å². The van der Waals surface area contributed by atoms with Crippen LogP contribution in [0.1, 0.15) is 21.5 Å². The first-order chi connectivity index (χ1) is 7.65. The molecule has 1 aromatic rings. The monoisotopic (exact) mass is 295 g/mol. The summed E-state index contributed by atoms with van der Waals surface area (Å²) in [5, 5.41) is 4.00. The highest BCUT2D eigenvalue weighted by atomic mass is 35.5. The normalized spacial score (nSPS) is 13.6. The van der Waals surface area contributed by atoms with Crippen LogP contribution < -0.4 is 5.32 Å². The van der Waals surface area contributed by atoms with E-state index in [9.17, 15) is 4.79 Å². The van der Waals surface area contributed by atoms with Crippen molar-refractivity contribution in [3.05, 3.63) is 32.8 Å². The fourth-order valence-corrected chi connectivity index (χ4v) is 2.61. The molecular formula is C11H12Cl3NO2. The van der Waals surface area contributed by atoms with Crippen LogP contribution in [0.2, 0.25) is 10.0 Å². The summed E-state index contributed by atoms with van der Waals surface area (Å²) in [4.78, 5) is 11.5. The van der Waals surface area contributed by atoms with Crippen molar-refractivity contribution in [3.8, 4) is 0 Å². The maximum Gasteiger partial charge on any atom is 0.340 e. The first kappa shape index (κ1) is 14.6. The molecule has 94 valence electrons. The van der Waals surface area contributed by atoms with Gasteiger partial charge in [0.2, 0.25) is 0 Å². The SMILES string of the molecule is COC(=O)c1c(Cl)cc2c(c1Cl)CCNC2.Cl. The van der Waals surface area contributed by atoms with Gasteiger partial charge in [-0.15, -0.1) is 12.4 Å². The molecular weight excluding hydrogens is 284 g/mol. The van der Waals surface area contributed by atoms with Gasteiger partial charge in [-0.05, 0) is 30.2 Å². The van der Waals surface area contributed by atoms with Gasteiger partial charge in [-0.25, -0.2) is 4.79 Å².